The highest BCUT2D eigenvalue weighted by Crippen LogP contribution is 2.26. The van der Waals surface area contributed by atoms with Gasteiger partial charge in [0.1, 0.15) is 11.9 Å². The summed E-state index contributed by atoms with van der Waals surface area (Å²) in [7, 11) is 0. The van der Waals surface area contributed by atoms with Crippen molar-refractivity contribution >= 4 is 23.0 Å². The molecule has 0 aliphatic heterocycles. The van der Waals surface area contributed by atoms with Crippen LogP contribution in [0.3, 0.4) is 0 Å². The van der Waals surface area contributed by atoms with Crippen LogP contribution >= 0.6 is 0 Å². The normalized spacial score (nSPS) is 16.7. The van der Waals surface area contributed by atoms with Crippen molar-refractivity contribution in [2.75, 3.05) is 0 Å². The molecule has 0 radical (unpaired) electrons. The van der Waals surface area contributed by atoms with E-state index in [1.807, 2.05) is 0 Å². The molecule has 1 aliphatic rings. The zero-order valence-electron chi connectivity index (χ0n) is 17.2. The maximum atomic E-state index is 13.9. The lowest BCUT2D eigenvalue weighted by Crippen LogP contribution is -2.54. The Hall–Kier alpha value is -2.64. The Labute approximate surface area is 169 Å². The minimum absolute atomic E-state index is 0.181. The maximum absolute atomic E-state index is 13.9. The second-order valence-electron chi connectivity index (χ2n) is 9.02. The van der Waals surface area contributed by atoms with Crippen LogP contribution in [0.15, 0.2) is 23.0 Å². The number of nitrogens with one attached hydrogen (secondary N) is 1. The predicted octanol–water partition coefficient (Wildman–Crippen LogP) is 2.98. The number of amides is 2. The van der Waals surface area contributed by atoms with Gasteiger partial charge in [0.05, 0.1) is 11.0 Å². The SMILES string of the molecule is CC(C)(C)C(NC(=O)n1c(=O)n(CC2CCCCC2)c2ccc(F)cc21)C(N)=O. The van der Waals surface area contributed by atoms with Crippen molar-refractivity contribution in [1.82, 2.24) is 14.5 Å². The Morgan fingerprint density at radius 3 is 2.45 bits per heavy atom. The number of imidazole rings is 1. The number of halogens is 1. The van der Waals surface area contributed by atoms with Crippen LogP contribution in [0.2, 0.25) is 0 Å². The van der Waals surface area contributed by atoms with Gasteiger partial charge in [0.2, 0.25) is 5.91 Å². The monoisotopic (exact) mass is 404 g/mol. The Morgan fingerprint density at radius 1 is 1.21 bits per heavy atom. The van der Waals surface area contributed by atoms with Gasteiger partial charge in [-0.1, -0.05) is 40.0 Å². The van der Waals surface area contributed by atoms with E-state index in [4.69, 9.17) is 5.73 Å². The molecule has 0 saturated heterocycles. The van der Waals surface area contributed by atoms with E-state index in [0.717, 1.165) is 30.3 Å². The molecule has 1 saturated carbocycles. The van der Waals surface area contributed by atoms with Crippen LogP contribution in [0.1, 0.15) is 52.9 Å². The molecule has 3 N–H and O–H groups in total. The van der Waals surface area contributed by atoms with E-state index in [1.54, 1.807) is 25.3 Å². The second-order valence-corrected chi connectivity index (χ2v) is 9.02. The van der Waals surface area contributed by atoms with Gasteiger partial charge in [-0.2, -0.15) is 0 Å². The first-order valence-electron chi connectivity index (χ1n) is 10.1. The molecule has 3 rings (SSSR count). The Kier molecular flexibility index (Phi) is 5.82. The molecule has 2 aromatic rings. The molecule has 1 aliphatic carbocycles. The number of rotatable bonds is 4. The van der Waals surface area contributed by atoms with Crippen LogP contribution < -0.4 is 16.7 Å². The first-order chi connectivity index (χ1) is 13.6. The van der Waals surface area contributed by atoms with E-state index in [1.165, 1.54) is 24.6 Å². The van der Waals surface area contributed by atoms with E-state index >= 15 is 0 Å². The summed E-state index contributed by atoms with van der Waals surface area (Å²) in [5.41, 5.74) is 4.95. The predicted molar refractivity (Wildman–Crippen MR) is 109 cm³/mol. The minimum Gasteiger partial charge on any atom is -0.368 e. The van der Waals surface area contributed by atoms with Crippen molar-refractivity contribution in [3.63, 3.8) is 0 Å². The zero-order chi connectivity index (χ0) is 21.3. The highest BCUT2D eigenvalue weighted by Gasteiger charge is 2.33. The number of hydrogen-bond acceptors (Lipinski definition) is 3. The molecule has 29 heavy (non-hydrogen) atoms. The molecule has 0 bridgehead atoms. The van der Waals surface area contributed by atoms with Gasteiger partial charge in [-0.15, -0.1) is 0 Å². The van der Waals surface area contributed by atoms with Gasteiger partial charge in [-0.3, -0.25) is 9.36 Å². The summed E-state index contributed by atoms with van der Waals surface area (Å²) in [6.07, 6.45) is 5.50. The number of carbonyl (C=O) groups excluding carboxylic acids is 2. The third-order valence-electron chi connectivity index (χ3n) is 5.68. The van der Waals surface area contributed by atoms with Gasteiger partial charge in [-0.05, 0) is 36.3 Å². The van der Waals surface area contributed by atoms with Gasteiger partial charge >= 0.3 is 11.7 Å². The average Bonchev–Trinajstić information content (AvgIpc) is 2.90. The Bertz CT molecular complexity index is 980. The molecule has 1 heterocycles. The molecule has 2 amide bonds. The van der Waals surface area contributed by atoms with Gasteiger partial charge in [-0.25, -0.2) is 18.5 Å². The number of primary amides is 1. The van der Waals surface area contributed by atoms with Crippen molar-refractivity contribution in [1.29, 1.82) is 0 Å². The highest BCUT2D eigenvalue weighted by molar-refractivity contribution is 5.92. The molecule has 1 atom stereocenters. The van der Waals surface area contributed by atoms with Crippen LogP contribution in [-0.2, 0) is 11.3 Å². The number of fused-ring (bicyclic) bond motifs is 1. The van der Waals surface area contributed by atoms with Gasteiger partial charge in [0.25, 0.3) is 0 Å². The number of benzene rings is 1. The third-order valence-corrected chi connectivity index (χ3v) is 5.68. The summed E-state index contributed by atoms with van der Waals surface area (Å²) in [6.45, 7) is 5.77. The standard InChI is InChI=1S/C21H29FN4O3/c1-21(2,3)17(18(23)27)24-19(28)26-16-11-14(22)9-10-15(16)25(20(26)29)12-13-7-5-4-6-8-13/h9-11,13,17H,4-8,12H2,1-3H3,(H2,23,27)(H,24,28). The van der Waals surface area contributed by atoms with E-state index in [9.17, 15) is 18.8 Å². The van der Waals surface area contributed by atoms with Crippen molar-refractivity contribution in [2.45, 2.75) is 65.5 Å². The molecule has 1 aromatic heterocycles. The zero-order valence-corrected chi connectivity index (χ0v) is 17.2. The number of hydrogen-bond donors (Lipinski definition) is 2. The number of nitrogens with zero attached hydrogens (tertiary/aromatic N) is 2. The molecular weight excluding hydrogens is 375 g/mol. The van der Waals surface area contributed by atoms with Crippen LogP contribution in [0.5, 0.6) is 0 Å². The first kappa shape index (κ1) is 21.1. The fraction of sp³-hybridized carbons (Fsp3) is 0.571. The fourth-order valence-corrected chi connectivity index (χ4v) is 4.13. The molecular formula is C21H29FN4O3. The van der Waals surface area contributed by atoms with E-state index in [0.29, 0.717) is 18.0 Å². The number of carbonyl (C=O) groups is 2. The lowest BCUT2D eigenvalue weighted by atomic mass is 9.86. The summed E-state index contributed by atoms with van der Waals surface area (Å²) in [5.74, 6) is -0.895. The third kappa shape index (κ3) is 4.36. The van der Waals surface area contributed by atoms with Gasteiger partial charge in [0.15, 0.2) is 0 Å². The molecule has 8 heteroatoms. The summed E-state index contributed by atoms with van der Waals surface area (Å²) >= 11 is 0. The largest absolute Gasteiger partial charge is 0.368 e. The van der Waals surface area contributed by atoms with Crippen LogP contribution in [0.25, 0.3) is 11.0 Å². The van der Waals surface area contributed by atoms with Crippen molar-refractivity contribution in [2.24, 2.45) is 17.1 Å². The summed E-state index contributed by atoms with van der Waals surface area (Å²) in [4.78, 5) is 37.9. The average molecular weight is 404 g/mol. The molecule has 1 unspecified atom stereocenters. The van der Waals surface area contributed by atoms with E-state index in [-0.39, 0.29) is 5.52 Å². The fourth-order valence-electron chi connectivity index (χ4n) is 4.13. The Morgan fingerprint density at radius 2 is 1.86 bits per heavy atom. The van der Waals surface area contributed by atoms with Gasteiger partial charge in [0, 0.05) is 12.6 Å². The van der Waals surface area contributed by atoms with E-state index < -0.39 is 34.9 Å². The van der Waals surface area contributed by atoms with Crippen LogP contribution in [0, 0.1) is 17.2 Å². The molecule has 7 nitrogen and oxygen atoms in total. The Balaban J connectivity index is 2.03. The second kappa shape index (κ2) is 8.00. The molecule has 158 valence electrons. The van der Waals surface area contributed by atoms with Crippen molar-refractivity contribution in [3.05, 3.63) is 34.5 Å². The van der Waals surface area contributed by atoms with Crippen LogP contribution in [-0.4, -0.2) is 27.1 Å². The first-order valence-corrected chi connectivity index (χ1v) is 10.1. The van der Waals surface area contributed by atoms with E-state index in [2.05, 4.69) is 5.32 Å². The summed E-state index contributed by atoms with van der Waals surface area (Å²) < 4.78 is 16.4. The number of nitrogens with two attached hydrogens (primary N) is 1. The smallest absolute Gasteiger partial charge is 0.337 e. The molecule has 1 fully saturated rings. The lowest BCUT2D eigenvalue weighted by molar-refractivity contribution is -0.122. The van der Waals surface area contributed by atoms with Crippen molar-refractivity contribution in [3.8, 4) is 0 Å². The van der Waals surface area contributed by atoms with Crippen molar-refractivity contribution < 1.29 is 14.0 Å². The van der Waals surface area contributed by atoms with Crippen LogP contribution in [0.4, 0.5) is 9.18 Å². The topological polar surface area (TPSA) is 99.1 Å². The number of aromatic nitrogens is 2. The quantitative estimate of drug-likeness (QED) is 0.819. The highest BCUT2D eigenvalue weighted by atomic mass is 19.1. The molecule has 1 aromatic carbocycles. The lowest BCUT2D eigenvalue weighted by Gasteiger charge is -2.28. The maximum Gasteiger partial charge on any atom is 0.337 e. The summed E-state index contributed by atoms with van der Waals surface area (Å²) in [6, 6.07) is 2.21. The minimum atomic E-state index is -0.979. The van der Waals surface area contributed by atoms with Gasteiger partial charge < -0.3 is 11.1 Å². The molecule has 0 spiro atoms. The summed E-state index contributed by atoms with van der Waals surface area (Å²) in [5, 5.41) is 2.56.